The molecule has 3 aromatic carbocycles. The number of hydrogen-bond acceptors (Lipinski definition) is 6. The first kappa shape index (κ1) is 30.8. The number of aromatic nitrogens is 3. The molecule has 1 saturated carbocycles. The van der Waals surface area contributed by atoms with E-state index in [9.17, 15) is 18.0 Å². The summed E-state index contributed by atoms with van der Waals surface area (Å²) < 4.78 is 42.7. The normalized spacial score (nSPS) is 18.8. The number of halogens is 3. The molecule has 2 atom stereocenters. The van der Waals surface area contributed by atoms with E-state index >= 15 is 0 Å². The van der Waals surface area contributed by atoms with Crippen LogP contribution >= 0.6 is 24.0 Å². The molecule has 1 aliphatic carbocycles. The van der Waals surface area contributed by atoms with Crippen molar-refractivity contribution in [2.45, 2.75) is 39.0 Å². The number of ether oxygens (including phenoxy) is 1. The van der Waals surface area contributed by atoms with Crippen molar-refractivity contribution in [1.29, 1.82) is 0 Å². The fourth-order valence-corrected chi connectivity index (χ4v) is 6.38. The lowest BCUT2D eigenvalue weighted by Gasteiger charge is -2.20. The van der Waals surface area contributed by atoms with E-state index in [1.54, 1.807) is 4.90 Å². The van der Waals surface area contributed by atoms with Gasteiger partial charge in [-0.1, -0.05) is 55.1 Å². The molecule has 45 heavy (non-hydrogen) atoms. The maximum absolute atomic E-state index is 12.8. The summed E-state index contributed by atoms with van der Waals surface area (Å²) in [6.07, 6.45) is -1.39. The standard InChI is InChI=1S/C32H29F3N6O2S2/c1-3-20-5-4-19(2)14-27(20)41-28(42)17-45-31(41)38-30(44)36-16-23-15-26(23)21-6-8-22(9-7-21)29-37-18-40(39-29)24-10-12-25(13-11-24)43-32(33,34)35/h4-14,18,23,26H,3,15-17H2,1-2H3,(H,36,44). The monoisotopic (exact) mass is 650 g/mol. The molecular weight excluding hydrogens is 622 g/mol. The number of alkyl halides is 3. The minimum absolute atomic E-state index is 0.00290. The van der Waals surface area contributed by atoms with Crippen molar-refractivity contribution in [2.75, 3.05) is 17.2 Å². The highest BCUT2D eigenvalue weighted by atomic mass is 32.2. The first-order valence-electron chi connectivity index (χ1n) is 14.4. The van der Waals surface area contributed by atoms with E-state index in [1.165, 1.54) is 52.6 Å². The van der Waals surface area contributed by atoms with Crippen LogP contribution in [0.15, 0.2) is 78.0 Å². The van der Waals surface area contributed by atoms with Crippen molar-refractivity contribution in [3.05, 3.63) is 89.7 Å². The number of carbonyl (C=O) groups excluding carboxylic acids is 1. The van der Waals surface area contributed by atoms with Crippen molar-refractivity contribution in [3.8, 4) is 22.8 Å². The lowest BCUT2D eigenvalue weighted by atomic mass is 10.1. The van der Waals surface area contributed by atoms with E-state index in [1.807, 2.05) is 25.1 Å². The lowest BCUT2D eigenvalue weighted by Crippen LogP contribution is -2.32. The Morgan fingerprint density at radius 2 is 1.89 bits per heavy atom. The number of carbonyl (C=O) groups is 1. The number of hydrogen-bond donors (Lipinski definition) is 1. The Hall–Kier alpha value is -4.23. The van der Waals surface area contributed by atoms with Crippen LogP contribution in [-0.2, 0) is 11.2 Å². The maximum atomic E-state index is 12.8. The molecule has 2 fully saturated rings. The van der Waals surface area contributed by atoms with Gasteiger partial charge in [-0.15, -0.1) is 18.3 Å². The van der Waals surface area contributed by atoms with Gasteiger partial charge >= 0.3 is 6.36 Å². The second-order valence-corrected chi connectivity index (χ2v) is 12.2. The minimum Gasteiger partial charge on any atom is -0.406 e. The predicted molar refractivity (Wildman–Crippen MR) is 173 cm³/mol. The van der Waals surface area contributed by atoms with Crippen molar-refractivity contribution >= 4 is 45.9 Å². The molecule has 6 rings (SSSR count). The highest BCUT2D eigenvalue weighted by molar-refractivity contribution is 8.15. The van der Waals surface area contributed by atoms with Gasteiger partial charge in [0.15, 0.2) is 16.1 Å². The Morgan fingerprint density at radius 1 is 1.13 bits per heavy atom. The zero-order chi connectivity index (χ0) is 31.7. The van der Waals surface area contributed by atoms with Gasteiger partial charge in [-0.25, -0.2) is 9.67 Å². The Bertz CT molecular complexity index is 1760. The number of nitrogens with zero attached hydrogens (tertiary/aromatic N) is 5. The van der Waals surface area contributed by atoms with E-state index in [4.69, 9.17) is 12.2 Å². The summed E-state index contributed by atoms with van der Waals surface area (Å²) in [7, 11) is 0. The van der Waals surface area contributed by atoms with Crippen molar-refractivity contribution < 1.29 is 22.7 Å². The van der Waals surface area contributed by atoms with Gasteiger partial charge in [-0.3, -0.25) is 9.69 Å². The van der Waals surface area contributed by atoms with Gasteiger partial charge in [0.25, 0.3) is 0 Å². The van der Waals surface area contributed by atoms with E-state index < -0.39 is 6.36 Å². The van der Waals surface area contributed by atoms with Gasteiger partial charge in [0.05, 0.1) is 17.1 Å². The Balaban J connectivity index is 1.04. The van der Waals surface area contributed by atoms with Crippen LogP contribution in [0.25, 0.3) is 17.1 Å². The second-order valence-electron chi connectivity index (χ2n) is 10.9. The average Bonchev–Trinajstić information content (AvgIpc) is 3.45. The van der Waals surface area contributed by atoms with Crippen molar-refractivity contribution in [2.24, 2.45) is 10.9 Å². The van der Waals surface area contributed by atoms with Crippen LogP contribution in [-0.4, -0.2) is 49.6 Å². The third-order valence-electron chi connectivity index (χ3n) is 7.69. The first-order valence-corrected chi connectivity index (χ1v) is 15.8. The van der Waals surface area contributed by atoms with Crippen LogP contribution < -0.4 is 15.0 Å². The van der Waals surface area contributed by atoms with E-state index in [2.05, 4.69) is 56.3 Å². The van der Waals surface area contributed by atoms with E-state index in [-0.39, 0.29) is 11.7 Å². The molecule has 2 heterocycles. The van der Waals surface area contributed by atoms with Gasteiger partial charge < -0.3 is 10.1 Å². The van der Waals surface area contributed by atoms with Crippen LogP contribution in [0.4, 0.5) is 18.9 Å². The third kappa shape index (κ3) is 7.20. The molecule has 4 aromatic rings. The molecule has 2 unspecified atom stereocenters. The summed E-state index contributed by atoms with van der Waals surface area (Å²) in [6.45, 7) is 4.76. The average molecular weight is 651 g/mol. The molecule has 13 heteroatoms. The first-order chi connectivity index (χ1) is 21.6. The van der Waals surface area contributed by atoms with Crippen molar-refractivity contribution in [3.63, 3.8) is 0 Å². The fourth-order valence-electron chi connectivity index (χ4n) is 5.29. The zero-order valence-corrected chi connectivity index (χ0v) is 26.0. The van der Waals surface area contributed by atoms with Crippen LogP contribution in [0.3, 0.4) is 0 Å². The largest absolute Gasteiger partial charge is 0.573 e. The van der Waals surface area contributed by atoms with Crippen LogP contribution in [0, 0.1) is 12.8 Å². The number of aryl methyl sites for hydroxylation is 2. The topological polar surface area (TPSA) is 84.6 Å². The summed E-state index contributed by atoms with van der Waals surface area (Å²) in [4.78, 5) is 23.4. The molecule has 1 saturated heterocycles. The lowest BCUT2D eigenvalue weighted by molar-refractivity contribution is -0.274. The fraction of sp³-hybridized carbons (Fsp3) is 0.281. The number of anilines is 1. The Labute approximate surface area is 267 Å². The molecule has 1 N–H and O–H groups in total. The summed E-state index contributed by atoms with van der Waals surface area (Å²) in [5, 5.41) is 8.72. The van der Waals surface area contributed by atoms with Crippen LogP contribution in [0.5, 0.6) is 5.75 Å². The van der Waals surface area contributed by atoms with Gasteiger partial charge in [0.2, 0.25) is 5.91 Å². The molecule has 1 aromatic heterocycles. The zero-order valence-electron chi connectivity index (χ0n) is 24.4. The molecular formula is C32H29F3N6O2S2. The van der Waals surface area contributed by atoms with E-state index in [0.29, 0.717) is 45.9 Å². The maximum Gasteiger partial charge on any atom is 0.573 e. The number of amides is 1. The SMILES string of the molecule is CCc1ccc(C)cc1N1C(=O)CSC1=NC(=S)NCC1CC1c1ccc(-c2ncn(-c3ccc(OC(F)(F)F)cc3)n2)cc1. The molecule has 2 aliphatic rings. The van der Waals surface area contributed by atoms with Gasteiger partial charge in [-0.2, -0.15) is 4.99 Å². The Morgan fingerprint density at radius 3 is 2.60 bits per heavy atom. The number of aliphatic imine (C=N–C) groups is 1. The summed E-state index contributed by atoms with van der Waals surface area (Å²) in [6, 6.07) is 19.6. The number of nitrogens with one attached hydrogen (secondary N) is 1. The second kappa shape index (κ2) is 12.6. The number of rotatable bonds is 8. The Kier molecular flexibility index (Phi) is 8.65. The third-order valence-corrected chi connectivity index (χ3v) is 8.85. The highest BCUT2D eigenvalue weighted by Crippen LogP contribution is 2.47. The number of thiocarbonyl (C=S) groups is 1. The van der Waals surface area contributed by atoms with E-state index in [0.717, 1.165) is 35.2 Å². The van der Waals surface area contributed by atoms with Crippen LogP contribution in [0.2, 0.25) is 0 Å². The molecule has 0 radical (unpaired) electrons. The number of benzene rings is 3. The molecule has 8 nitrogen and oxygen atoms in total. The van der Waals surface area contributed by atoms with Gasteiger partial charge in [0.1, 0.15) is 12.1 Å². The predicted octanol–water partition coefficient (Wildman–Crippen LogP) is 6.82. The summed E-state index contributed by atoms with van der Waals surface area (Å²) >= 11 is 6.94. The number of thioether (sulfide) groups is 1. The number of amidine groups is 1. The molecule has 0 spiro atoms. The van der Waals surface area contributed by atoms with Crippen molar-refractivity contribution in [1.82, 2.24) is 20.1 Å². The molecule has 1 amide bonds. The van der Waals surface area contributed by atoms with Crippen LogP contribution in [0.1, 0.15) is 36.0 Å². The smallest absolute Gasteiger partial charge is 0.406 e. The summed E-state index contributed by atoms with van der Waals surface area (Å²) in [5.41, 5.74) is 5.63. The highest BCUT2D eigenvalue weighted by Gasteiger charge is 2.38. The quantitative estimate of drug-likeness (QED) is 0.210. The summed E-state index contributed by atoms with van der Waals surface area (Å²) in [5.74, 6) is 1.35. The molecule has 232 valence electrons. The van der Waals surface area contributed by atoms with Gasteiger partial charge in [0, 0.05) is 12.1 Å². The van der Waals surface area contributed by atoms with Gasteiger partial charge in [-0.05, 0) is 90.8 Å². The minimum atomic E-state index is -4.74. The molecule has 0 bridgehead atoms. The molecule has 1 aliphatic heterocycles.